The molecule has 0 bridgehead atoms. The van der Waals surface area contributed by atoms with Crippen molar-refractivity contribution in [2.45, 2.75) is 44.9 Å². The van der Waals surface area contributed by atoms with Crippen LogP contribution in [0.25, 0.3) is 0 Å². The maximum atomic E-state index is 12.1. The van der Waals surface area contributed by atoms with Crippen LogP contribution in [0.4, 0.5) is 0 Å². The average molecular weight is 239 g/mol. The van der Waals surface area contributed by atoms with E-state index in [4.69, 9.17) is 0 Å². The van der Waals surface area contributed by atoms with Crippen molar-refractivity contribution in [3.8, 4) is 0 Å². The number of rotatable bonds is 3. The summed E-state index contributed by atoms with van der Waals surface area (Å²) in [6.07, 6.45) is 10.0. The van der Waals surface area contributed by atoms with Crippen LogP contribution < -0.4 is 0 Å². The Labute approximate surface area is 103 Å². The van der Waals surface area contributed by atoms with Crippen LogP contribution in [0.2, 0.25) is 0 Å². The average Bonchev–Trinajstić information content (AvgIpc) is 2.35. The molecule has 0 saturated carbocycles. The van der Waals surface area contributed by atoms with Gasteiger partial charge < -0.3 is 4.90 Å². The lowest BCUT2D eigenvalue weighted by Gasteiger charge is -2.38. The first-order chi connectivity index (χ1) is 7.83. The molecule has 1 aliphatic heterocycles. The van der Waals surface area contributed by atoms with Crippen molar-refractivity contribution < 1.29 is 4.79 Å². The summed E-state index contributed by atoms with van der Waals surface area (Å²) >= 11 is 4.17. The van der Waals surface area contributed by atoms with Gasteiger partial charge in [0.1, 0.15) is 0 Å². The third kappa shape index (κ3) is 2.62. The van der Waals surface area contributed by atoms with Gasteiger partial charge in [0.25, 0.3) is 0 Å². The molecular weight excluding hydrogens is 218 g/mol. The Morgan fingerprint density at radius 1 is 1.44 bits per heavy atom. The van der Waals surface area contributed by atoms with E-state index in [-0.39, 0.29) is 0 Å². The molecule has 1 fully saturated rings. The first kappa shape index (κ1) is 12.0. The number of thiol groups is 1. The minimum Gasteiger partial charge on any atom is -0.316 e. The van der Waals surface area contributed by atoms with Crippen molar-refractivity contribution in [2.75, 3.05) is 12.3 Å². The molecule has 1 atom stereocenters. The maximum Gasteiger partial charge on any atom is 0.226 e. The van der Waals surface area contributed by atoms with Gasteiger partial charge in [0.05, 0.1) is 0 Å². The summed E-state index contributed by atoms with van der Waals surface area (Å²) in [5.74, 6) is 1.79. The second kappa shape index (κ2) is 5.76. The van der Waals surface area contributed by atoms with E-state index in [1.807, 2.05) is 0 Å². The molecule has 1 saturated heterocycles. The first-order valence-corrected chi connectivity index (χ1v) is 7.07. The molecule has 16 heavy (non-hydrogen) atoms. The fraction of sp³-hybridized carbons (Fsp3) is 0.769. The molecule has 90 valence electrons. The summed E-state index contributed by atoms with van der Waals surface area (Å²) in [6, 6.07) is 0. The normalized spacial score (nSPS) is 24.9. The number of amides is 1. The molecule has 0 radical (unpaired) electrons. The summed E-state index contributed by atoms with van der Waals surface area (Å²) in [5, 5.41) is 0. The van der Waals surface area contributed by atoms with Crippen molar-refractivity contribution in [1.82, 2.24) is 4.90 Å². The van der Waals surface area contributed by atoms with E-state index >= 15 is 0 Å². The van der Waals surface area contributed by atoms with Crippen molar-refractivity contribution in [1.29, 1.82) is 0 Å². The van der Waals surface area contributed by atoms with Crippen LogP contribution in [-0.2, 0) is 4.79 Å². The predicted octanol–water partition coefficient (Wildman–Crippen LogP) is 3.00. The van der Waals surface area contributed by atoms with Gasteiger partial charge in [-0.05, 0) is 50.2 Å². The van der Waals surface area contributed by atoms with Crippen LogP contribution in [0.15, 0.2) is 11.8 Å². The molecule has 0 aromatic heterocycles. The highest BCUT2D eigenvalue weighted by Gasteiger charge is 2.29. The van der Waals surface area contributed by atoms with Crippen molar-refractivity contribution >= 4 is 18.5 Å². The van der Waals surface area contributed by atoms with E-state index in [0.717, 1.165) is 25.1 Å². The van der Waals surface area contributed by atoms with Gasteiger partial charge in [0.2, 0.25) is 5.91 Å². The summed E-state index contributed by atoms with van der Waals surface area (Å²) in [7, 11) is 0. The molecule has 1 unspecified atom stereocenters. The Morgan fingerprint density at radius 3 is 3.06 bits per heavy atom. The molecule has 2 rings (SSSR count). The molecular formula is C13H21NOS. The SMILES string of the molecule is O=C(CCCS)N1CCCC2CCCC=C21. The number of allylic oxidation sites excluding steroid dienone is 2. The lowest BCUT2D eigenvalue weighted by atomic mass is 9.85. The van der Waals surface area contributed by atoms with Gasteiger partial charge in [-0.25, -0.2) is 0 Å². The van der Waals surface area contributed by atoms with E-state index in [1.165, 1.54) is 31.4 Å². The third-order valence-electron chi connectivity index (χ3n) is 3.62. The summed E-state index contributed by atoms with van der Waals surface area (Å²) in [6.45, 7) is 0.938. The molecule has 0 spiro atoms. The fourth-order valence-electron chi connectivity index (χ4n) is 2.81. The molecule has 2 nitrogen and oxygen atoms in total. The highest BCUT2D eigenvalue weighted by Crippen LogP contribution is 2.35. The summed E-state index contributed by atoms with van der Waals surface area (Å²) in [5.41, 5.74) is 1.33. The minimum absolute atomic E-state index is 0.312. The highest BCUT2D eigenvalue weighted by molar-refractivity contribution is 7.80. The molecule has 0 aromatic rings. The standard InChI is InChI=1S/C13H21NOS/c15-13(8-4-10-16)14-9-3-6-11-5-1-2-7-12(11)14/h7,11,16H,1-6,8-10H2. The number of carbonyl (C=O) groups excluding carboxylic acids is 1. The van der Waals surface area contributed by atoms with E-state index in [1.54, 1.807) is 0 Å². The zero-order valence-electron chi connectivity index (χ0n) is 9.82. The molecule has 1 heterocycles. The Bertz CT molecular complexity index is 288. The molecule has 0 N–H and O–H groups in total. The second-order valence-corrected chi connectivity index (χ2v) is 5.22. The Kier molecular flexibility index (Phi) is 4.33. The monoisotopic (exact) mass is 239 g/mol. The van der Waals surface area contributed by atoms with Crippen molar-refractivity contribution in [3.63, 3.8) is 0 Å². The minimum atomic E-state index is 0.312. The quantitative estimate of drug-likeness (QED) is 0.751. The molecule has 3 heteroatoms. The zero-order valence-corrected chi connectivity index (χ0v) is 10.7. The molecule has 2 aliphatic rings. The van der Waals surface area contributed by atoms with Crippen molar-refractivity contribution in [3.05, 3.63) is 11.8 Å². The number of fused-ring (bicyclic) bond motifs is 1. The Morgan fingerprint density at radius 2 is 2.25 bits per heavy atom. The number of carbonyl (C=O) groups is 1. The lowest BCUT2D eigenvalue weighted by Crippen LogP contribution is -2.38. The van der Waals surface area contributed by atoms with Gasteiger partial charge in [-0.1, -0.05) is 6.08 Å². The van der Waals surface area contributed by atoms with Crippen LogP contribution in [0.3, 0.4) is 0 Å². The van der Waals surface area contributed by atoms with E-state index in [2.05, 4.69) is 23.6 Å². The van der Waals surface area contributed by atoms with Crippen LogP contribution in [0.5, 0.6) is 0 Å². The number of likely N-dealkylation sites (tertiary alicyclic amines) is 1. The molecule has 1 aliphatic carbocycles. The van der Waals surface area contributed by atoms with Crippen LogP contribution >= 0.6 is 12.6 Å². The highest BCUT2D eigenvalue weighted by atomic mass is 32.1. The first-order valence-electron chi connectivity index (χ1n) is 6.44. The van der Waals surface area contributed by atoms with Crippen LogP contribution in [0, 0.1) is 5.92 Å². The van der Waals surface area contributed by atoms with Crippen LogP contribution in [-0.4, -0.2) is 23.1 Å². The smallest absolute Gasteiger partial charge is 0.226 e. The van der Waals surface area contributed by atoms with E-state index in [0.29, 0.717) is 18.2 Å². The maximum absolute atomic E-state index is 12.1. The van der Waals surface area contributed by atoms with Gasteiger partial charge >= 0.3 is 0 Å². The van der Waals surface area contributed by atoms with Crippen LogP contribution in [0.1, 0.15) is 44.9 Å². The van der Waals surface area contributed by atoms with Gasteiger partial charge in [0.15, 0.2) is 0 Å². The summed E-state index contributed by atoms with van der Waals surface area (Å²) in [4.78, 5) is 14.1. The number of hydrogen-bond acceptors (Lipinski definition) is 2. The number of piperidine rings is 1. The predicted molar refractivity (Wildman–Crippen MR) is 69.5 cm³/mol. The van der Waals surface area contributed by atoms with E-state index < -0.39 is 0 Å². The second-order valence-electron chi connectivity index (χ2n) is 4.77. The van der Waals surface area contributed by atoms with Crippen molar-refractivity contribution in [2.24, 2.45) is 5.92 Å². The fourth-order valence-corrected chi connectivity index (χ4v) is 2.97. The van der Waals surface area contributed by atoms with Gasteiger partial charge in [0, 0.05) is 18.7 Å². The van der Waals surface area contributed by atoms with Gasteiger partial charge in [-0.15, -0.1) is 0 Å². The van der Waals surface area contributed by atoms with Gasteiger partial charge in [-0.3, -0.25) is 4.79 Å². The Balaban J connectivity index is 2.02. The van der Waals surface area contributed by atoms with E-state index in [9.17, 15) is 4.79 Å². The lowest BCUT2D eigenvalue weighted by molar-refractivity contribution is -0.130. The Hall–Kier alpha value is -0.440. The molecule has 0 aromatic carbocycles. The van der Waals surface area contributed by atoms with Gasteiger partial charge in [-0.2, -0.15) is 12.6 Å². The number of hydrogen-bond donors (Lipinski definition) is 1. The summed E-state index contributed by atoms with van der Waals surface area (Å²) < 4.78 is 0. The molecule has 1 amide bonds. The largest absolute Gasteiger partial charge is 0.316 e. The zero-order chi connectivity index (χ0) is 11.4. The topological polar surface area (TPSA) is 20.3 Å². The number of nitrogens with zero attached hydrogens (tertiary/aromatic N) is 1. The third-order valence-corrected chi connectivity index (χ3v) is 3.94.